The highest BCUT2D eigenvalue weighted by molar-refractivity contribution is 6.31. The molecule has 0 amide bonds. The zero-order valence-corrected chi connectivity index (χ0v) is 22.9. The van der Waals surface area contributed by atoms with E-state index in [-0.39, 0.29) is 5.54 Å². The molecule has 39 heavy (non-hydrogen) atoms. The van der Waals surface area contributed by atoms with Crippen molar-refractivity contribution in [3.63, 3.8) is 0 Å². The molecule has 2 aromatic rings. The zero-order chi connectivity index (χ0) is 26.8. The number of rotatable bonds is 4. The van der Waals surface area contributed by atoms with E-state index in [2.05, 4.69) is 15.9 Å². The number of aliphatic hydroxyl groups is 2. The molecule has 1 spiro atoms. The third-order valence-electron chi connectivity index (χ3n) is 9.75. The van der Waals surface area contributed by atoms with Gasteiger partial charge in [0.2, 0.25) is 0 Å². The van der Waals surface area contributed by atoms with Gasteiger partial charge in [-0.25, -0.2) is 4.39 Å². The highest BCUT2D eigenvalue weighted by Gasteiger charge is 2.50. The van der Waals surface area contributed by atoms with E-state index in [0.717, 1.165) is 65.5 Å². The van der Waals surface area contributed by atoms with Crippen molar-refractivity contribution in [2.24, 2.45) is 0 Å². The molecule has 4 aliphatic heterocycles. The molecule has 3 fully saturated rings. The summed E-state index contributed by atoms with van der Waals surface area (Å²) in [7, 11) is 0. The van der Waals surface area contributed by atoms with Crippen LogP contribution in [0.2, 0.25) is 5.02 Å². The number of aliphatic hydroxyl groups excluding tert-OH is 2. The number of hydrogen-bond donors (Lipinski definition) is 2. The molecule has 1 aromatic heterocycles. The van der Waals surface area contributed by atoms with Gasteiger partial charge in [-0.1, -0.05) is 23.7 Å². The second-order valence-corrected chi connectivity index (χ2v) is 12.5. The summed E-state index contributed by atoms with van der Waals surface area (Å²) in [5.74, 6) is 0.742. The lowest BCUT2D eigenvalue weighted by atomic mass is 9.87. The monoisotopic (exact) mass is 558 g/mol. The van der Waals surface area contributed by atoms with Crippen LogP contribution in [-0.4, -0.2) is 81.8 Å². The third kappa shape index (κ3) is 4.41. The summed E-state index contributed by atoms with van der Waals surface area (Å²) in [6.07, 6.45) is 3.29. The molecule has 7 rings (SSSR count). The number of fused-ring (bicyclic) bond motifs is 4. The van der Waals surface area contributed by atoms with Gasteiger partial charge in [0.25, 0.3) is 0 Å². The van der Waals surface area contributed by atoms with E-state index in [9.17, 15) is 14.6 Å². The van der Waals surface area contributed by atoms with Gasteiger partial charge in [0.15, 0.2) is 0 Å². The maximum atomic E-state index is 14.4. The molecule has 1 aliphatic carbocycles. The first-order chi connectivity index (χ1) is 18.9. The molecule has 2 unspecified atom stereocenters. The average molecular weight is 559 g/mol. The normalized spacial score (nSPS) is 34.2. The van der Waals surface area contributed by atoms with Gasteiger partial charge in [0, 0.05) is 43.1 Å². The third-order valence-corrected chi connectivity index (χ3v) is 10.1. The van der Waals surface area contributed by atoms with Crippen LogP contribution in [0.1, 0.15) is 60.9 Å². The molecule has 5 aliphatic rings. The molecule has 0 radical (unpaired) electrons. The second kappa shape index (κ2) is 9.80. The minimum atomic E-state index is -0.824. The van der Waals surface area contributed by atoms with Crippen molar-refractivity contribution >= 4 is 17.4 Å². The Kier molecular flexibility index (Phi) is 6.51. The first kappa shape index (κ1) is 25.9. The molecule has 10 heteroatoms. The van der Waals surface area contributed by atoms with Gasteiger partial charge in [-0.2, -0.15) is 9.97 Å². The molecular weight excluding hydrogens is 523 g/mol. The second-order valence-electron chi connectivity index (χ2n) is 12.0. The lowest BCUT2D eigenvalue weighted by Crippen LogP contribution is -2.43. The Balaban J connectivity index is 1.23. The number of halogens is 2. The van der Waals surface area contributed by atoms with E-state index < -0.39 is 24.0 Å². The van der Waals surface area contributed by atoms with Crippen LogP contribution < -0.4 is 9.64 Å². The van der Waals surface area contributed by atoms with Gasteiger partial charge in [-0.05, 0) is 62.3 Å². The van der Waals surface area contributed by atoms with Crippen LogP contribution >= 0.6 is 11.6 Å². The van der Waals surface area contributed by atoms with Crippen molar-refractivity contribution < 1.29 is 24.1 Å². The van der Waals surface area contributed by atoms with E-state index in [4.69, 9.17) is 31.0 Å². The van der Waals surface area contributed by atoms with E-state index >= 15 is 0 Å². The van der Waals surface area contributed by atoms with E-state index in [0.29, 0.717) is 64.5 Å². The molecule has 210 valence electrons. The van der Waals surface area contributed by atoms with Crippen molar-refractivity contribution in [1.29, 1.82) is 0 Å². The Bertz CT molecular complexity index is 1260. The minimum Gasteiger partial charge on any atom is -0.461 e. The fraction of sp³-hybridized carbons (Fsp3) is 0.655. The standard InChI is InChI=1S/C29H36ClFN4O4/c30-22-4-1-3-21-19(22)5-9-29(21)14-23-20(16-39-29)26(34-11-6-24(36)25(37)7-12-34)33-27(32-23)38-17-28-8-2-10-35(28)15-18(31)13-28/h1,3-4,18,24-25,36-37H,2,5-17H2/t18-,24-,25+,28?,29?/m1/s1. The Hall–Kier alpha value is -2.04. The predicted molar refractivity (Wildman–Crippen MR) is 144 cm³/mol. The van der Waals surface area contributed by atoms with Gasteiger partial charge in [0.05, 0.1) is 35.6 Å². The van der Waals surface area contributed by atoms with E-state index in [1.54, 1.807) is 0 Å². The first-order valence-corrected chi connectivity index (χ1v) is 14.7. The number of hydrogen-bond acceptors (Lipinski definition) is 8. The van der Waals surface area contributed by atoms with Crippen molar-refractivity contribution in [3.8, 4) is 6.01 Å². The van der Waals surface area contributed by atoms with Crippen molar-refractivity contribution in [2.45, 2.75) is 87.5 Å². The van der Waals surface area contributed by atoms with Gasteiger partial charge in [-0.15, -0.1) is 0 Å². The number of ether oxygens (including phenoxy) is 2. The summed E-state index contributed by atoms with van der Waals surface area (Å²) < 4.78 is 27.3. The Morgan fingerprint density at radius 1 is 1.10 bits per heavy atom. The summed E-state index contributed by atoms with van der Waals surface area (Å²) in [4.78, 5) is 14.2. The molecule has 0 saturated carbocycles. The molecule has 5 heterocycles. The molecule has 1 aromatic carbocycles. The number of aromatic nitrogens is 2. The SMILES string of the molecule is O[C@@H]1CCN(c2nc(OCC34CCCN3C[C@H](F)C4)nc3c2COC2(CCc4c(Cl)cccc42)C3)CC[C@@H]1O. The Morgan fingerprint density at radius 2 is 1.92 bits per heavy atom. The Labute approximate surface area is 233 Å². The van der Waals surface area contributed by atoms with Crippen LogP contribution in [0.5, 0.6) is 6.01 Å². The van der Waals surface area contributed by atoms with E-state index in [1.165, 1.54) is 0 Å². The highest BCUT2D eigenvalue weighted by Crippen LogP contribution is 2.49. The summed E-state index contributed by atoms with van der Waals surface area (Å²) in [5, 5.41) is 21.3. The highest BCUT2D eigenvalue weighted by atomic mass is 35.5. The first-order valence-electron chi connectivity index (χ1n) is 14.3. The number of benzene rings is 1. The summed E-state index contributed by atoms with van der Waals surface area (Å²) in [6, 6.07) is 6.32. The van der Waals surface area contributed by atoms with Crippen LogP contribution in [0.25, 0.3) is 0 Å². The number of alkyl halides is 1. The summed E-state index contributed by atoms with van der Waals surface area (Å²) >= 11 is 6.54. The molecule has 8 nitrogen and oxygen atoms in total. The maximum Gasteiger partial charge on any atom is 0.318 e. The van der Waals surface area contributed by atoms with Gasteiger partial charge >= 0.3 is 6.01 Å². The van der Waals surface area contributed by atoms with Crippen LogP contribution in [-0.2, 0) is 29.8 Å². The van der Waals surface area contributed by atoms with Gasteiger partial charge < -0.3 is 24.6 Å². The lowest BCUT2D eigenvalue weighted by molar-refractivity contribution is -0.0730. The lowest BCUT2D eigenvalue weighted by Gasteiger charge is -2.37. The largest absolute Gasteiger partial charge is 0.461 e. The topological polar surface area (TPSA) is 91.2 Å². The summed E-state index contributed by atoms with van der Waals surface area (Å²) in [5.41, 5.74) is 3.32. The quantitative estimate of drug-likeness (QED) is 0.591. The maximum absolute atomic E-state index is 14.4. The van der Waals surface area contributed by atoms with Crippen LogP contribution in [0.3, 0.4) is 0 Å². The van der Waals surface area contributed by atoms with Crippen molar-refractivity contribution in [2.75, 3.05) is 37.7 Å². The fourth-order valence-corrected chi connectivity index (χ4v) is 7.88. The zero-order valence-electron chi connectivity index (χ0n) is 22.1. The Morgan fingerprint density at radius 3 is 2.74 bits per heavy atom. The fourth-order valence-electron chi connectivity index (χ4n) is 7.61. The van der Waals surface area contributed by atoms with Crippen LogP contribution in [0, 0.1) is 0 Å². The number of anilines is 1. The molecule has 5 atom stereocenters. The molecule has 2 N–H and O–H groups in total. The van der Waals surface area contributed by atoms with Crippen molar-refractivity contribution in [1.82, 2.24) is 14.9 Å². The van der Waals surface area contributed by atoms with Gasteiger partial charge in [-0.3, -0.25) is 4.90 Å². The smallest absolute Gasteiger partial charge is 0.318 e. The number of nitrogens with zero attached hydrogens (tertiary/aromatic N) is 4. The average Bonchev–Trinajstić information content (AvgIpc) is 3.53. The molecular formula is C29H36ClFN4O4. The van der Waals surface area contributed by atoms with Crippen LogP contribution in [0.15, 0.2) is 18.2 Å². The predicted octanol–water partition coefficient (Wildman–Crippen LogP) is 3.32. The van der Waals surface area contributed by atoms with Gasteiger partial charge in [0.1, 0.15) is 18.6 Å². The van der Waals surface area contributed by atoms with E-state index in [1.807, 2.05) is 12.1 Å². The summed E-state index contributed by atoms with van der Waals surface area (Å²) in [6.45, 7) is 3.22. The minimum absolute atomic E-state index is 0.291. The molecule has 3 saturated heterocycles. The van der Waals surface area contributed by atoms with Crippen LogP contribution in [0.4, 0.5) is 10.2 Å². The van der Waals surface area contributed by atoms with Crippen molar-refractivity contribution in [3.05, 3.63) is 45.6 Å². The molecule has 0 bridgehead atoms.